The van der Waals surface area contributed by atoms with Gasteiger partial charge in [0.15, 0.2) is 5.78 Å². The van der Waals surface area contributed by atoms with Crippen LogP contribution in [-0.2, 0) is 0 Å². The largest absolute Gasteiger partial charge is 0.307 e. The van der Waals surface area contributed by atoms with E-state index in [2.05, 4.69) is 5.32 Å². The van der Waals surface area contributed by atoms with Crippen molar-refractivity contribution >= 4 is 5.78 Å². The second kappa shape index (κ2) is 3.88. The molecule has 1 aliphatic heterocycles. The molecule has 2 nitrogen and oxygen atoms in total. The minimum atomic E-state index is -0.353. The van der Waals surface area contributed by atoms with Gasteiger partial charge in [-0.1, -0.05) is 12.1 Å². The topological polar surface area (TPSA) is 29.1 Å². The van der Waals surface area contributed by atoms with Gasteiger partial charge in [-0.15, -0.1) is 0 Å². The molecular weight excluding hydrogens is 181 g/mol. The number of carbonyl (C=O) groups excluding carboxylic acids is 1. The monoisotopic (exact) mass is 193 g/mol. The quantitative estimate of drug-likeness (QED) is 0.725. The van der Waals surface area contributed by atoms with Crippen LogP contribution in [-0.4, -0.2) is 18.4 Å². The van der Waals surface area contributed by atoms with Crippen molar-refractivity contribution in [3.8, 4) is 0 Å². The number of benzene rings is 1. The first-order valence-electron chi connectivity index (χ1n) is 4.80. The minimum absolute atomic E-state index is 0.00185. The van der Waals surface area contributed by atoms with Crippen LogP contribution in [0.15, 0.2) is 24.3 Å². The molecule has 74 valence electrons. The summed E-state index contributed by atoms with van der Waals surface area (Å²) in [6, 6.07) is 5.75. The van der Waals surface area contributed by atoms with Crippen molar-refractivity contribution in [1.82, 2.24) is 5.32 Å². The second-order valence-electron chi connectivity index (χ2n) is 3.52. The van der Waals surface area contributed by atoms with Gasteiger partial charge in [0.1, 0.15) is 5.82 Å². The second-order valence-corrected chi connectivity index (χ2v) is 3.52. The Balaban J connectivity index is 2.17. The van der Waals surface area contributed by atoms with Crippen molar-refractivity contribution in [2.24, 2.45) is 0 Å². The van der Waals surface area contributed by atoms with E-state index in [1.165, 1.54) is 12.1 Å². The number of hydrogen-bond donors (Lipinski definition) is 1. The van der Waals surface area contributed by atoms with Crippen LogP contribution < -0.4 is 5.32 Å². The maximum Gasteiger partial charge on any atom is 0.179 e. The van der Waals surface area contributed by atoms with E-state index < -0.39 is 0 Å². The number of ketones is 1. The molecular formula is C11H12FNO. The number of hydrogen-bond acceptors (Lipinski definition) is 2. The smallest absolute Gasteiger partial charge is 0.179 e. The van der Waals surface area contributed by atoms with Crippen LogP contribution in [0.5, 0.6) is 0 Å². The summed E-state index contributed by atoms with van der Waals surface area (Å²) in [5, 5.41) is 3.10. The molecule has 0 aliphatic carbocycles. The highest BCUT2D eigenvalue weighted by Gasteiger charge is 2.23. The molecule has 0 bridgehead atoms. The zero-order valence-corrected chi connectivity index (χ0v) is 7.79. The van der Waals surface area contributed by atoms with Gasteiger partial charge in [-0.25, -0.2) is 4.39 Å². The molecule has 1 aromatic rings. The van der Waals surface area contributed by atoms with E-state index in [-0.39, 0.29) is 17.6 Å². The fourth-order valence-corrected chi connectivity index (χ4v) is 1.75. The van der Waals surface area contributed by atoms with Crippen molar-refractivity contribution in [2.75, 3.05) is 6.54 Å². The molecule has 1 aromatic carbocycles. The number of Topliss-reactive ketones (excluding diaryl/α,β-unsaturated/α-hetero) is 1. The van der Waals surface area contributed by atoms with Gasteiger partial charge in [-0.3, -0.25) is 4.79 Å². The Hall–Kier alpha value is -1.22. The molecule has 1 atom stereocenters. The highest BCUT2D eigenvalue weighted by molar-refractivity contribution is 6.00. The van der Waals surface area contributed by atoms with Crippen LogP contribution in [0.2, 0.25) is 0 Å². The third-order valence-corrected chi connectivity index (χ3v) is 2.49. The first-order chi connectivity index (χ1) is 6.77. The van der Waals surface area contributed by atoms with Gasteiger partial charge in [0.2, 0.25) is 0 Å². The molecule has 0 radical (unpaired) electrons. The van der Waals surface area contributed by atoms with Crippen molar-refractivity contribution in [2.45, 2.75) is 18.9 Å². The standard InChI is InChI=1S/C11H12FNO/c12-9-4-1-3-8(7-9)11(14)10-5-2-6-13-10/h1,3-4,7,10,13H,2,5-6H2/t10-/m1/s1. The lowest BCUT2D eigenvalue weighted by Crippen LogP contribution is -2.30. The summed E-state index contributed by atoms with van der Waals surface area (Å²) in [6.45, 7) is 0.881. The Kier molecular flexibility index (Phi) is 2.59. The lowest BCUT2D eigenvalue weighted by atomic mass is 10.0. The molecule has 0 aromatic heterocycles. The third kappa shape index (κ3) is 1.82. The number of nitrogens with one attached hydrogen (secondary N) is 1. The van der Waals surface area contributed by atoms with Crippen LogP contribution in [0.25, 0.3) is 0 Å². The summed E-state index contributed by atoms with van der Waals surface area (Å²) >= 11 is 0. The van der Waals surface area contributed by atoms with Gasteiger partial charge in [0, 0.05) is 5.56 Å². The van der Waals surface area contributed by atoms with Crippen molar-refractivity contribution in [1.29, 1.82) is 0 Å². The lowest BCUT2D eigenvalue weighted by Gasteiger charge is -2.08. The molecule has 1 saturated heterocycles. The highest BCUT2D eigenvalue weighted by Crippen LogP contribution is 2.13. The molecule has 3 heteroatoms. The van der Waals surface area contributed by atoms with E-state index in [4.69, 9.17) is 0 Å². The number of carbonyl (C=O) groups is 1. The van der Waals surface area contributed by atoms with Gasteiger partial charge in [0.05, 0.1) is 6.04 Å². The van der Waals surface area contributed by atoms with Gasteiger partial charge in [0.25, 0.3) is 0 Å². The predicted octanol–water partition coefficient (Wildman–Crippen LogP) is 1.76. The number of halogens is 1. The molecule has 0 amide bonds. The van der Waals surface area contributed by atoms with Crippen LogP contribution in [0.1, 0.15) is 23.2 Å². The van der Waals surface area contributed by atoms with E-state index in [1.54, 1.807) is 12.1 Å². The van der Waals surface area contributed by atoms with Crippen molar-refractivity contribution < 1.29 is 9.18 Å². The van der Waals surface area contributed by atoms with Gasteiger partial charge in [-0.2, -0.15) is 0 Å². The SMILES string of the molecule is O=C(c1cccc(F)c1)[C@H]1CCCN1. The van der Waals surface area contributed by atoms with Crippen LogP contribution in [0, 0.1) is 5.82 Å². The first kappa shape index (κ1) is 9.34. The van der Waals surface area contributed by atoms with Gasteiger partial charge < -0.3 is 5.32 Å². The normalized spacial score (nSPS) is 21.1. The Morgan fingerprint density at radius 1 is 1.50 bits per heavy atom. The summed E-state index contributed by atoms with van der Waals surface area (Å²) < 4.78 is 12.8. The van der Waals surface area contributed by atoms with E-state index in [0.29, 0.717) is 5.56 Å². The maximum atomic E-state index is 12.8. The summed E-state index contributed by atoms with van der Waals surface area (Å²) in [5.74, 6) is -0.351. The van der Waals surface area contributed by atoms with E-state index >= 15 is 0 Å². The van der Waals surface area contributed by atoms with Crippen LogP contribution >= 0.6 is 0 Å². The fraction of sp³-hybridized carbons (Fsp3) is 0.364. The fourth-order valence-electron chi connectivity index (χ4n) is 1.75. The molecule has 1 heterocycles. The summed E-state index contributed by atoms with van der Waals surface area (Å²) in [6.07, 6.45) is 1.88. The van der Waals surface area contributed by atoms with Crippen molar-refractivity contribution in [3.05, 3.63) is 35.6 Å². The summed E-state index contributed by atoms with van der Waals surface area (Å²) in [5.41, 5.74) is 0.462. The van der Waals surface area contributed by atoms with E-state index in [1.807, 2.05) is 0 Å². The lowest BCUT2D eigenvalue weighted by molar-refractivity contribution is 0.0952. The Morgan fingerprint density at radius 3 is 3.00 bits per heavy atom. The van der Waals surface area contributed by atoms with E-state index in [9.17, 15) is 9.18 Å². The molecule has 1 aliphatic rings. The third-order valence-electron chi connectivity index (χ3n) is 2.49. The Bertz CT molecular complexity index is 345. The average Bonchev–Trinajstić information content (AvgIpc) is 2.69. The molecule has 1 fully saturated rings. The minimum Gasteiger partial charge on any atom is -0.307 e. The van der Waals surface area contributed by atoms with Gasteiger partial charge in [-0.05, 0) is 31.5 Å². The van der Waals surface area contributed by atoms with Crippen LogP contribution in [0.3, 0.4) is 0 Å². The molecule has 0 unspecified atom stereocenters. The zero-order chi connectivity index (χ0) is 9.97. The zero-order valence-electron chi connectivity index (χ0n) is 7.79. The molecule has 0 spiro atoms. The van der Waals surface area contributed by atoms with E-state index in [0.717, 1.165) is 19.4 Å². The first-order valence-corrected chi connectivity index (χ1v) is 4.80. The Morgan fingerprint density at radius 2 is 2.36 bits per heavy atom. The highest BCUT2D eigenvalue weighted by atomic mass is 19.1. The average molecular weight is 193 g/mol. The predicted molar refractivity (Wildman–Crippen MR) is 51.8 cm³/mol. The molecule has 14 heavy (non-hydrogen) atoms. The number of rotatable bonds is 2. The molecule has 0 saturated carbocycles. The molecule has 2 rings (SSSR count). The summed E-state index contributed by atoms with van der Waals surface area (Å²) in [7, 11) is 0. The van der Waals surface area contributed by atoms with Crippen LogP contribution in [0.4, 0.5) is 4.39 Å². The van der Waals surface area contributed by atoms with Crippen molar-refractivity contribution in [3.63, 3.8) is 0 Å². The molecule has 1 N–H and O–H groups in total. The maximum absolute atomic E-state index is 12.8. The summed E-state index contributed by atoms with van der Waals surface area (Å²) in [4.78, 5) is 11.8. The van der Waals surface area contributed by atoms with Gasteiger partial charge >= 0.3 is 0 Å². The Labute approximate surface area is 82.1 Å².